The van der Waals surface area contributed by atoms with E-state index in [1.54, 1.807) is 5.57 Å². The first kappa shape index (κ1) is 19.5. The van der Waals surface area contributed by atoms with Gasteiger partial charge in [-0.25, -0.2) is 0 Å². The SMILES string of the molecule is C[C@H](CCC(=O)O)[C@H]1CC[C@H]2[C@@H]3CC[C@@H]4C[C@H](O)CC[C@]4(C)C3=CC[C@]12C. The highest BCUT2D eigenvalue weighted by molar-refractivity contribution is 5.66. The van der Waals surface area contributed by atoms with Crippen LogP contribution >= 0.6 is 0 Å². The van der Waals surface area contributed by atoms with E-state index in [0.717, 1.165) is 37.5 Å². The third-order valence-corrected chi connectivity index (χ3v) is 9.57. The summed E-state index contributed by atoms with van der Waals surface area (Å²) >= 11 is 0. The van der Waals surface area contributed by atoms with E-state index in [1.165, 1.54) is 32.1 Å². The van der Waals surface area contributed by atoms with Crippen molar-refractivity contribution < 1.29 is 15.0 Å². The number of carboxylic acids is 1. The maximum absolute atomic E-state index is 11.0. The molecule has 0 amide bonds. The van der Waals surface area contributed by atoms with Crippen LogP contribution < -0.4 is 0 Å². The van der Waals surface area contributed by atoms with Gasteiger partial charge < -0.3 is 10.2 Å². The molecule has 0 unspecified atom stereocenters. The lowest BCUT2D eigenvalue weighted by Crippen LogP contribution is -2.48. The summed E-state index contributed by atoms with van der Waals surface area (Å²) in [5.74, 6) is 2.69. The van der Waals surface area contributed by atoms with Gasteiger partial charge in [-0.2, -0.15) is 0 Å². The van der Waals surface area contributed by atoms with Crippen LogP contribution in [0.1, 0.15) is 85.0 Å². The minimum atomic E-state index is -0.655. The fourth-order valence-electron chi connectivity index (χ4n) is 8.03. The summed E-state index contributed by atoms with van der Waals surface area (Å²) in [6, 6.07) is 0. The third-order valence-electron chi connectivity index (χ3n) is 9.57. The Balaban J connectivity index is 1.56. The third kappa shape index (κ3) is 3.09. The smallest absolute Gasteiger partial charge is 0.303 e. The zero-order valence-corrected chi connectivity index (χ0v) is 17.4. The molecule has 3 fully saturated rings. The number of rotatable bonds is 4. The Morgan fingerprint density at radius 2 is 2.00 bits per heavy atom. The molecule has 8 atom stereocenters. The van der Waals surface area contributed by atoms with Crippen molar-refractivity contribution in [2.75, 3.05) is 0 Å². The summed E-state index contributed by atoms with van der Waals surface area (Å²) in [7, 11) is 0. The Hall–Kier alpha value is -0.830. The molecule has 0 aromatic heterocycles. The fourth-order valence-corrected chi connectivity index (χ4v) is 8.03. The van der Waals surface area contributed by atoms with Crippen LogP contribution in [0.4, 0.5) is 0 Å². The van der Waals surface area contributed by atoms with Crippen molar-refractivity contribution in [2.45, 2.75) is 91.1 Å². The molecular formula is C24H38O3. The number of aliphatic hydroxyl groups excluding tert-OH is 1. The summed E-state index contributed by atoms with van der Waals surface area (Å²) in [6.45, 7) is 7.30. The molecule has 4 aliphatic carbocycles. The molecule has 152 valence electrons. The standard InChI is InChI=1S/C24H38O3/c1-15(4-9-22(26)27)19-7-8-20-18-6-5-16-14-17(25)10-12-23(16,2)21(18)11-13-24(19,20)3/h11,15-20,25H,4-10,12-14H2,1-3H3,(H,26,27)/t15-,16-,17-,18+,19-,20+,23+,24-/m1/s1. The number of hydrogen-bond donors (Lipinski definition) is 2. The zero-order valence-electron chi connectivity index (χ0n) is 17.4. The normalized spacial score (nSPS) is 47.4. The molecule has 3 saturated carbocycles. The molecule has 2 N–H and O–H groups in total. The Kier molecular flexibility index (Phi) is 4.98. The van der Waals surface area contributed by atoms with Crippen LogP contribution in [0.2, 0.25) is 0 Å². The van der Waals surface area contributed by atoms with Gasteiger partial charge in [-0.15, -0.1) is 0 Å². The molecular weight excluding hydrogens is 336 g/mol. The molecule has 0 aromatic rings. The molecule has 0 bridgehead atoms. The second-order valence-corrected chi connectivity index (χ2v) is 10.8. The first-order chi connectivity index (χ1) is 12.8. The Morgan fingerprint density at radius 3 is 2.74 bits per heavy atom. The number of fused-ring (bicyclic) bond motifs is 5. The van der Waals surface area contributed by atoms with E-state index in [2.05, 4.69) is 26.8 Å². The van der Waals surface area contributed by atoms with Crippen LogP contribution in [0.3, 0.4) is 0 Å². The van der Waals surface area contributed by atoms with Crippen molar-refractivity contribution in [3.8, 4) is 0 Å². The highest BCUT2D eigenvalue weighted by atomic mass is 16.4. The molecule has 0 saturated heterocycles. The molecule has 3 nitrogen and oxygen atoms in total. The van der Waals surface area contributed by atoms with Gasteiger partial charge in [0.25, 0.3) is 0 Å². The summed E-state index contributed by atoms with van der Waals surface area (Å²) in [6.07, 6.45) is 13.1. The lowest BCUT2D eigenvalue weighted by Gasteiger charge is -2.57. The molecule has 4 rings (SSSR count). The van der Waals surface area contributed by atoms with E-state index >= 15 is 0 Å². The Morgan fingerprint density at radius 1 is 1.22 bits per heavy atom. The summed E-state index contributed by atoms with van der Waals surface area (Å²) < 4.78 is 0. The average Bonchev–Trinajstić information content (AvgIpc) is 2.97. The minimum Gasteiger partial charge on any atom is -0.481 e. The van der Waals surface area contributed by atoms with Crippen LogP contribution in [0, 0.1) is 40.4 Å². The van der Waals surface area contributed by atoms with Crippen molar-refractivity contribution in [1.82, 2.24) is 0 Å². The number of hydrogen-bond acceptors (Lipinski definition) is 2. The summed E-state index contributed by atoms with van der Waals surface area (Å²) in [5.41, 5.74) is 2.41. The topological polar surface area (TPSA) is 57.5 Å². The molecule has 0 aromatic carbocycles. The minimum absolute atomic E-state index is 0.0833. The van der Waals surface area contributed by atoms with Gasteiger partial charge in [0, 0.05) is 6.42 Å². The summed E-state index contributed by atoms with van der Waals surface area (Å²) in [5, 5.41) is 19.3. The molecule has 3 heteroatoms. The molecule has 4 aliphatic rings. The van der Waals surface area contributed by atoms with E-state index in [4.69, 9.17) is 5.11 Å². The van der Waals surface area contributed by atoms with Crippen LogP contribution in [0.15, 0.2) is 11.6 Å². The monoisotopic (exact) mass is 374 g/mol. The van der Waals surface area contributed by atoms with Gasteiger partial charge >= 0.3 is 5.97 Å². The first-order valence-electron chi connectivity index (χ1n) is 11.4. The van der Waals surface area contributed by atoms with Gasteiger partial charge in [-0.3, -0.25) is 4.79 Å². The van der Waals surface area contributed by atoms with Crippen LogP contribution in [-0.2, 0) is 4.79 Å². The van der Waals surface area contributed by atoms with Crippen LogP contribution in [0.5, 0.6) is 0 Å². The van der Waals surface area contributed by atoms with Crippen LogP contribution in [-0.4, -0.2) is 22.3 Å². The number of aliphatic hydroxyl groups is 1. The van der Waals surface area contributed by atoms with Gasteiger partial charge in [0.1, 0.15) is 0 Å². The second-order valence-electron chi connectivity index (χ2n) is 10.8. The van der Waals surface area contributed by atoms with E-state index in [1.807, 2.05) is 0 Å². The zero-order chi connectivity index (χ0) is 19.4. The van der Waals surface area contributed by atoms with Crippen LogP contribution in [0.25, 0.3) is 0 Å². The highest BCUT2D eigenvalue weighted by Crippen LogP contribution is 2.66. The largest absolute Gasteiger partial charge is 0.481 e. The maximum Gasteiger partial charge on any atom is 0.303 e. The van der Waals surface area contributed by atoms with Gasteiger partial charge in [-0.05, 0) is 98.2 Å². The number of carboxylic acid groups (broad SMARTS) is 1. The van der Waals surface area contributed by atoms with E-state index in [9.17, 15) is 9.90 Å². The first-order valence-corrected chi connectivity index (χ1v) is 11.4. The lowest BCUT2D eigenvalue weighted by molar-refractivity contribution is -0.137. The van der Waals surface area contributed by atoms with E-state index in [0.29, 0.717) is 35.0 Å². The number of carbonyl (C=O) groups is 1. The molecule has 0 heterocycles. The van der Waals surface area contributed by atoms with Gasteiger partial charge in [0.15, 0.2) is 0 Å². The lowest BCUT2D eigenvalue weighted by atomic mass is 9.48. The molecule has 0 spiro atoms. The van der Waals surface area contributed by atoms with Crippen molar-refractivity contribution >= 4 is 5.97 Å². The highest BCUT2D eigenvalue weighted by Gasteiger charge is 2.57. The molecule has 0 radical (unpaired) electrons. The maximum atomic E-state index is 11.0. The summed E-state index contributed by atoms with van der Waals surface area (Å²) in [4.78, 5) is 11.0. The predicted octanol–water partition coefficient (Wildman–Crippen LogP) is 5.43. The van der Waals surface area contributed by atoms with E-state index < -0.39 is 5.97 Å². The van der Waals surface area contributed by atoms with Crippen molar-refractivity contribution in [3.05, 3.63) is 11.6 Å². The van der Waals surface area contributed by atoms with Crippen molar-refractivity contribution in [1.29, 1.82) is 0 Å². The average molecular weight is 375 g/mol. The van der Waals surface area contributed by atoms with Crippen molar-refractivity contribution in [2.24, 2.45) is 40.4 Å². The van der Waals surface area contributed by atoms with Gasteiger partial charge in [0.2, 0.25) is 0 Å². The predicted molar refractivity (Wildman–Crippen MR) is 107 cm³/mol. The Bertz CT molecular complexity index is 625. The number of allylic oxidation sites excluding steroid dienone is 2. The Labute approximate surface area is 164 Å². The molecule has 0 aliphatic heterocycles. The quantitative estimate of drug-likeness (QED) is 0.645. The molecule has 27 heavy (non-hydrogen) atoms. The van der Waals surface area contributed by atoms with Gasteiger partial charge in [0.05, 0.1) is 6.10 Å². The van der Waals surface area contributed by atoms with Crippen molar-refractivity contribution in [3.63, 3.8) is 0 Å². The van der Waals surface area contributed by atoms with E-state index in [-0.39, 0.29) is 6.10 Å². The second kappa shape index (κ2) is 6.90. The van der Waals surface area contributed by atoms with Gasteiger partial charge in [-0.1, -0.05) is 32.4 Å². The number of aliphatic carboxylic acids is 1. The fraction of sp³-hybridized carbons (Fsp3) is 0.875.